The van der Waals surface area contributed by atoms with Crippen LogP contribution in [0.25, 0.3) is 11.0 Å². The van der Waals surface area contributed by atoms with Gasteiger partial charge in [-0.15, -0.1) is 0 Å². The van der Waals surface area contributed by atoms with Crippen molar-refractivity contribution in [1.29, 1.82) is 0 Å². The van der Waals surface area contributed by atoms with Gasteiger partial charge < -0.3 is 4.74 Å². The van der Waals surface area contributed by atoms with Crippen molar-refractivity contribution in [3.8, 4) is 5.75 Å². The van der Waals surface area contributed by atoms with E-state index in [-0.39, 0.29) is 5.69 Å². The zero-order chi connectivity index (χ0) is 15.5. The van der Waals surface area contributed by atoms with Crippen molar-refractivity contribution in [2.45, 2.75) is 26.4 Å². The molecule has 3 aromatic rings. The maximum absolute atomic E-state index is 12.7. The fourth-order valence-electron chi connectivity index (χ4n) is 2.82. The van der Waals surface area contributed by atoms with Gasteiger partial charge in [-0.2, -0.15) is 0 Å². The summed E-state index contributed by atoms with van der Waals surface area (Å²) in [6.45, 7) is 3.37. The van der Waals surface area contributed by atoms with Crippen molar-refractivity contribution in [1.82, 2.24) is 9.13 Å². The zero-order valence-corrected chi connectivity index (χ0v) is 13.0. The Morgan fingerprint density at radius 2 is 1.73 bits per heavy atom. The summed E-state index contributed by atoms with van der Waals surface area (Å²) >= 11 is 0. The van der Waals surface area contributed by atoms with Gasteiger partial charge in [0.15, 0.2) is 0 Å². The third-order valence-corrected chi connectivity index (χ3v) is 3.85. The largest absolute Gasteiger partial charge is 0.497 e. The molecule has 114 valence electrons. The van der Waals surface area contributed by atoms with Crippen LogP contribution in [0.2, 0.25) is 0 Å². The molecule has 0 amide bonds. The normalized spacial score (nSPS) is 11.0. The molecule has 0 aliphatic carbocycles. The van der Waals surface area contributed by atoms with Crippen molar-refractivity contribution in [2.75, 3.05) is 7.11 Å². The minimum atomic E-state index is 0.0471. The molecule has 3 rings (SSSR count). The van der Waals surface area contributed by atoms with Crippen molar-refractivity contribution in [3.63, 3.8) is 0 Å². The molecule has 0 spiro atoms. The van der Waals surface area contributed by atoms with Gasteiger partial charge in [0, 0.05) is 6.54 Å². The fraction of sp³-hybridized carbons (Fsp3) is 0.278. The van der Waals surface area contributed by atoms with Gasteiger partial charge in [0.05, 0.1) is 24.7 Å². The summed E-state index contributed by atoms with van der Waals surface area (Å²) in [7, 11) is 1.65. The molecule has 4 heteroatoms. The highest BCUT2D eigenvalue weighted by Gasteiger charge is 2.12. The number of nitrogens with zero attached hydrogens (tertiary/aromatic N) is 2. The number of benzene rings is 2. The Labute approximate surface area is 129 Å². The number of imidazole rings is 1. The fourth-order valence-corrected chi connectivity index (χ4v) is 2.82. The average Bonchev–Trinajstić information content (AvgIpc) is 2.81. The number of aromatic nitrogens is 2. The summed E-state index contributed by atoms with van der Waals surface area (Å²) in [6.07, 6.45) is 0.938. The minimum Gasteiger partial charge on any atom is -0.497 e. The quantitative estimate of drug-likeness (QED) is 0.724. The van der Waals surface area contributed by atoms with E-state index in [9.17, 15) is 4.79 Å². The molecule has 22 heavy (non-hydrogen) atoms. The highest BCUT2D eigenvalue weighted by atomic mass is 16.5. The number of hydrogen-bond donors (Lipinski definition) is 0. The van der Waals surface area contributed by atoms with Crippen LogP contribution < -0.4 is 10.4 Å². The first-order chi connectivity index (χ1) is 10.7. The van der Waals surface area contributed by atoms with Crippen LogP contribution in [0.1, 0.15) is 18.9 Å². The number of ether oxygens (including phenoxy) is 1. The van der Waals surface area contributed by atoms with Crippen LogP contribution in [0.15, 0.2) is 53.3 Å². The molecule has 1 heterocycles. The summed E-state index contributed by atoms with van der Waals surface area (Å²) in [5.41, 5.74) is 3.08. The molecule has 0 N–H and O–H groups in total. The van der Waals surface area contributed by atoms with E-state index in [1.165, 1.54) is 0 Å². The predicted octanol–water partition coefficient (Wildman–Crippen LogP) is 3.27. The maximum atomic E-state index is 12.7. The molecular weight excluding hydrogens is 276 g/mol. The van der Waals surface area contributed by atoms with Crippen molar-refractivity contribution in [2.24, 2.45) is 0 Å². The van der Waals surface area contributed by atoms with Crippen LogP contribution in [0.4, 0.5) is 0 Å². The summed E-state index contributed by atoms with van der Waals surface area (Å²) < 4.78 is 8.95. The molecule has 2 aromatic carbocycles. The second kappa shape index (κ2) is 6.10. The van der Waals surface area contributed by atoms with Gasteiger partial charge in [0.2, 0.25) is 0 Å². The highest BCUT2D eigenvalue weighted by molar-refractivity contribution is 5.76. The minimum absolute atomic E-state index is 0.0471. The second-order valence-corrected chi connectivity index (χ2v) is 5.36. The summed E-state index contributed by atoms with van der Waals surface area (Å²) in [4.78, 5) is 12.7. The van der Waals surface area contributed by atoms with E-state index in [0.717, 1.165) is 35.3 Å². The molecule has 0 saturated heterocycles. The van der Waals surface area contributed by atoms with Crippen LogP contribution in [0.3, 0.4) is 0 Å². The van der Waals surface area contributed by atoms with Crippen molar-refractivity contribution >= 4 is 11.0 Å². The standard InChI is InChI=1S/C18H20N2O2/c1-3-11-19-16-9-4-5-10-17(16)20(18(19)21)13-14-7-6-8-15(12-14)22-2/h4-10,12H,3,11,13H2,1-2H3. The number of para-hydroxylation sites is 2. The van der Waals surface area contributed by atoms with E-state index in [0.29, 0.717) is 6.54 Å². The molecule has 0 aliphatic heterocycles. The summed E-state index contributed by atoms with van der Waals surface area (Å²) in [5, 5.41) is 0. The van der Waals surface area contributed by atoms with Gasteiger partial charge in [-0.3, -0.25) is 9.13 Å². The molecule has 0 bridgehead atoms. The first-order valence-corrected chi connectivity index (χ1v) is 7.55. The monoisotopic (exact) mass is 296 g/mol. The first kappa shape index (κ1) is 14.4. The zero-order valence-electron chi connectivity index (χ0n) is 13.0. The van der Waals surface area contributed by atoms with Crippen molar-refractivity contribution < 1.29 is 4.74 Å². The Morgan fingerprint density at radius 1 is 1.00 bits per heavy atom. The van der Waals surface area contributed by atoms with Crippen LogP contribution in [0.5, 0.6) is 5.75 Å². The molecule has 0 fully saturated rings. The molecule has 0 radical (unpaired) electrons. The Morgan fingerprint density at radius 3 is 2.41 bits per heavy atom. The average molecular weight is 296 g/mol. The molecule has 0 aliphatic rings. The number of hydrogen-bond acceptors (Lipinski definition) is 2. The SMILES string of the molecule is CCCn1c(=O)n(Cc2cccc(OC)c2)c2ccccc21. The van der Waals surface area contributed by atoms with E-state index in [1.807, 2.05) is 57.7 Å². The van der Waals surface area contributed by atoms with Crippen LogP contribution in [-0.4, -0.2) is 16.2 Å². The van der Waals surface area contributed by atoms with E-state index in [2.05, 4.69) is 6.92 Å². The Kier molecular flexibility index (Phi) is 4.00. The summed E-state index contributed by atoms with van der Waals surface area (Å²) in [5.74, 6) is 0.808. The second-order valence-electron chi connectivity index (χ2n) is 5.36. The number of fused-ring (bicyclic) bond motifs is 1. The summed E-state index contributed by atoms with van der Waals surface area (Å²) in [6, 6.07) is 15.8. The molecule has 1 aromatic heterocycles. The van der Waals surface area contributed by atoms with Crippen molar-refractivity contribution in [3.05, 3.63) is 64.6 Å². The van der Waals surface area contributed by atoms with Gasteiger partial charge in [-0.1, -0.05) is 31.2 Å². The Bertz CT molecular complexity index is 846. The maximum Gasteiger partial charge on any atom is 0.329 e. The number of methoxy groups -OCH3 is 1. The van der Waals surface area contributed by atoms with Crippen LogP contribution in [-0.2, 0) is 13.1 Å². The Balaban J connectivity index is 2.10. The Hall–Kier alpha value is -2.49. The van der Waals surface area contributed by atoms with E-state index < -0.39 is 0 Å². The molecule has 4 nitrogen and oxygen atoms in total. The van der Waals surface area contributed by atoms with E-state index in [4.69, 9.17) is 4.74 Å². The first-order valence-electron chi connectivity index (χ1n) is 7.55. The topological polar surface area (TPSA) is 36.2 Å². The van der Waals surface area contributed by atoms with Crippen LogP contribution >= 0.6 is 0 Å². The third kappa shape index (κ3) is 2.52. The molecule has 0 unspecified atom stereocenters. The van der Waals surface area contributed by atoms with Gasteiger partial charge in [-0.25, -0.2) is 4.79 Å². The molecular formula is C18H20N2O2. The lowest BCUT2D eigenvalue weighted by Gasteiger charge is -2.06. The van der Waals surface area contributed by atoms with Gasteiger partial charge in [0.1, 0.15) is 5.75 Å². The van der Waals surface area contributed by atoms with E-state index in [1.54, 1.807) is 7.11 Å². The highest BCUT2D eigenvalue weighted by Crippen LogP contribution is 2.17. The van der Waals surface area contributed by atoms with Gasteiger partial charge in [-0.05, 0) is 36.2 Å². The third-order valence-electron chi connectivity index (χ3n) is 3.85. The van der Waals surface area contributed by atoms with E-state index >= 15 is 0 Å². The number of aryl methyl sites for hydroxylation is 1. The van der Waals surface area contributed by atoms with Crippen LogP contribution in [0, 0.1) is 0 Å². The van der Waals surface area contributed by atoms with Gasteiger partial charge in [0.25, 0.3) is 0 Å². The molecule has 0 saturated carbocycles. The van der Waals surface area contributed by atoms with Gasteiger partial charge >= 0.3 is 5.69 Å². The lowest BCUT2D eigenvalue weighted by molar-refractivity contribution is 0.414. The predicted molar refractivity (Wildman–Crippen MR) is 88.6 cm³/mol. The lowest BCUT2D eigenvalue weighted by Crippen LogP contribution is -2.24. The molecule has 0 atom stereocenters. The lowest BCUT2D eigenvalue weighted by atomic mass is 10.2. The smallest absolute Gasteiger partial charge is 0.329 e. The number of rotatable bonds is 5.